The van der Waals surface area contributed by atoms with Crippen molar-refractivity contribution in [1.82, 2.24) is 9.80 Å². The number of thioether (sulfide) groups is 1. The molecule has 0 bridgehead atoms. The van der Waals surface area contributed by atoms with Gasteiger partial charge >= 0.3 is 5.97 Å². The Morgan fingerprint density at radius 2 is 1.74 bits per heavy atom. The third-order valence-electron chi connectivity index (χ3n) is 7.10. The molecule has 6 nitrogen and oxygen atoms in total. The normalized spacial score (nSPS) is 14.7. The number of rotatable bonds is 11. The number of para-hydroxylation sites is 1. The molecular weight excluding hydrogens is 496 g/mol. The first-order valence-corrected chi connectivity index (χ1v) is 14.1. The van der Waals surface area contributed by atoms with E-state index in [4.69, 9.17) is 14.3 Å². The quantitative estimate of drug-likeness (QED) is 0.245. The zero-order valence-corrected chi connectivity index (χ0v) is 22.6. The Kier molecular flexibility index (Phi) is 8.68. The molecule has 1 N–H and O–H groups in total. The highest BCUT2D eigenvalue weighted by Crippen LogP contribution is 2.32. The van der Waals surface area contributed by atoms with Gasteiger partial charge in [0.1, 0.15) is 11.3 Å². The zero-order valence-electron chi connectivity index (χ0n) is 21.8. The molecule has 0 spiro atoms. The van der Waals surface area contributed by atoms with Gasteiger partial charge in [0, 0.05) is 60.9 Å². The molecule has 1 fully saturated rings. The molecule has 3 aromatic carbocycles. The standard InChI is InChI=1S/C31H34N2O4S/c1-23-20-26(10-11-29(23)36-22-30(34)35)38-19-18-33-16-14-32(15-17-33)13-12-25-8-5-9-27-28(21-37-31(25)27)24-6-3-2-4-7-24/h2-11,20-21H,12-19,22H2,1H3,(H,34,35). The number of fused-ring (bicyclic) bond motifs is 1. The number of hydrogen-bond donors (Lipinski definition) is 1. The van der Waals surface area contributed by atoms with E-state index in [9.17, 15) is 4.79 Å². The molecule has 0 amide bonds. The van der Waals surface area contributed by atoms with Crippen LogP contribution in [0.1, 0.15) is 11.1 Å². The van der Waals surface area contributed by atoms with E-state index < -0.39 is 5.97 Å². The predicted octanol–water partition coefficient (Wildman–Crippen LogP) is 5.82. The minimum absolute atomic E-state index is 0.312. The monoisotopic (exact) mass is 530 g/mol. The number of nitrogens with zero attached hydrogens (tertiary/aromatic N) is 2. The summed E-state index contributed by atoms with van der Waals surface area (Å²) < 4.78 is 11.4. The van der Waals surface area contributed by atoms with E-state index >= 15 is 0 Å². The van der Waals surface area contributed by atoms with E-state index in [-0.39, 0.29) is 6.61 Å². The van der Waals surface area contributed by atoms with Gasteiger partial charge in [0.25, 0.3) is 0 Å². The highest BCUT2D eigenvalue weighted by atomic mass is 32.2. The second-order valence-corrected chi connectivity index (χ2v) is 10.9. The molecular formula is C31H34N2O4S. The average molecular weight is 531 g/mol. The van der Waals surface area contributed by atoms with Gasteiger partial charge in [-0.05, 0) is 48.2 Å². The number of carbonyl (C=O) groups is 1. The molecule has 0 atom stereocenters. The zero-order chi connectivity index (χ0) is 26.3. The van der Waals surface area contributed by atoms with Crippen molar-refractivity contribution in [3.8, 4) is 16.9 Å². The SMILES string of the molecule is Cc1cc(SCCN2CCN(CCc3cccc4c(-c5ccccc5)coc34)CC2)ccc1OCC(=O)O. The minimum atomic E-state index is -0.963. The number of benzene rings is 3. The van der Waals surface area contributed by atoms with Crippen molar-refractivity contribution in [2.75, 3.05) is 51.6 Å². The highest BCUT2D eigenvalue weighted by molar-refractivity contribution is 7.99. The van der Waals surface area contributed by atoms with Crippen molar-refractivity contribution < 1.29 is 19.1 Å². The maximum Gasteiger partial charge on any atom is 0.341 e. The molecule has 38 heavy (non-hydrogen) atoms. The van der Waals surface area contributed by atoms with Crippen LogP contribution in [0, 0.1) is 6.92 Å². The van der Waals surface area contributed by atoms with Gasteiger partial charge in [0.2, 0.25) is 0 Å². The molecule has 7 heteroatoms. The Labute approximate surface area is 228 Å². The van der Waals surface area contributed by atoms with Crippen molar-refractivity contribution in [1.29, 1.82) is 0 Å². The largest absolute Gasteiger partial charge is 0.482 e. The first-order valence-electron chi connectivity index (χ1n) is 13.1. The summed E-state index contributed by atoms with van der Waals surface area (Å²) in [6, 6.07) is 22.9. The van der Waals surface area contributed by atoms with Crippen LogP contribution in [0.15, 0.2) is 82.3 Å². The van der Waals surface area contributed by atoms with Gasteiger partial charge in [-0.3, -0.25) is 4.90 Å². The molecule has 0 saturated carbocycles. The summed E-state index contributed by atoms with van der Waals surface area (Å²) in [5.74, 6) is 0.696. The fourth-order valence-corrected chi connectivity index (χ4v) is 5.99. The van der Waals surface area contributed by atoms with Crippen molar-refractivity contribution in [2.45, 2.75) is 18.2 Å². The Bertz CT molecular complexity index is 1360. The number of aryl methyl sites for hydroxylation is 1. The molecule has 0 aliphatic carbocycles. The molecule has 0 unspecified atom stereocenters. The summed E-state index contributed by atoms with van der Waals surface area (Å²) in [6.45, 7) is 8.09. The van der Waals surface area contributed by atoms with Gasteiger partial charge < -0.3 is 19.2 Å². The van der Waals surface area contributed by atoms with Gasteiger partial charge in [0.05, 0.1) is 6.26 Å². The van der Waals surface area contributed by atoms with Crippen molar-refractivity contribution in [3.05, 3.63) is 84.1 Å². The van der Waals surface area contributed by atoms with Gasteiger partial charge in [0.15, 0.2) is 6.61 Å². The first kappa shape index (κ1) is 26.4. The maximum absolute atomic E-state index is 10.7. The molecule has 1 aromatic heterocycles. The Balaban J connectivity index is 1.06. The molecule has 1 aliphatic heterocycles. The van der Waals surface area contributed by atoms with E-state index in [1.54, 1.807) is 0 Å². The van der Waals surface area contributed by atoms with Gasteiger partial charge in [-0.25, -0.2) is 4.79 Å². The lowest BCUT2D eigenvalue weighted by molar-refractivity contribution is -0.139. The molecule has 1 aliphatic rings. The average Bonchev–Trinajstić information content (AvgIpc) is 3.37. The van der Waals surface area contributed by atoms with Crippen LogP contribution in [0.5, 0.6) is 5.75 Å². The lowest BCUT2D eigenvalue weighted by Crippen LogP contribution is -2.47. The summed E-state index contributed by atoms with van der Waals surface area (Å²) in [5.41, 5.74) is 5.60. The molecule has 1 saturated heterocycles. The number of hydrogen-bond acceptors (Lipinski definition) is 6. The fraction of sp³-hybridized carbons (Fsp3) is 0.323. The predicted molar refractivity (Wildman–Crippen MR) is 153 cm³/mol. The van der Waals surface area contributed by atoms with E-state index in [2.05, 4.69) is 58.3 Å². The van der Waals surface area contributed by atoms with Gasteiger partial charge in [-0.2, -0.15) is 0 Å². The molecule has 198 valence electrons. The topological polar surface area (TPSA) is 66.2 Å². The Morgan fingerprint density at radius 1 is 0.974 bits per heavy atom. The van der Waals surface area contributed by atoms with E-state index in [1.807, 2.05) is 43.1 Å². The van der Waals surface area contributed by atoms with Crippen LogP contribution in [0.2, 0.25) is 0 Å². The van der Waals surface area contributed by atoms with E-state index in [0.29, 0.717) is 5.75 Å². The second kappa shape index (κ2) is 12.5. The van der Waals surface area contributed by atoms with Crippen molar-refractivity contribution in [2.24, 2.45) is 0 Å². The smallest absolute Gasteiger partial charge is 0.341 e. The highest BCUT2D eigenvalue weighted by Gasteiger charge is 2.18. The van der Waals surface area contributed by atoms with Gasteiger partial charge in [-0.1, -0.05) is 48.5 Å². The van der Waals surface area contributed by atoms with Crippen LogP contribution in [0.4, 0.5) is 0 Å². The number of ether oxygens (including phenoxy) is 1. The van der Waals surface area contributed by atoms with Crippen LogP contribution >= 0.6 is 11.8 Å². The van der Waals surface area contributed by atoms with Crippen LogP contribution in [-0.2, 0) is 11.2 Å². The number of aliphatic carboxylic acids is 1. The minimum Gasteiger partial charge on any atom is -0.482 e. The molecule has 4 aromatic rings. The van der Waals surface area contributed by atoms with Crippen LogP contribution in [0.25, 0.3) is 22.1 Å². The lowest BCUT2D eigenvalue weighted by Gasteiger charge is -2.34. The summed E-state index contributed by atoms with van der Waals surface area (Å²) in [4.78, 5) is 17.0. The van der Waals surface area contributed by atoms with Crippen molar-refractivity contribution in [3.63, 3.8) is 0 Å². The Morgan fingerprint density at radius 3 is 2.47 bits per heavy atom. The Hall–Kier alpha value is -3.26. The second-order valence-electron chi connectivity index (χ2n) is 9.70. The first-order chi connectivity index (χ1) is 18.6. The number of piperazine rings is 1. The van der Waals surface area contributed by atoms with E-state index in [0.717, 1.165) is 68.2 Å². The molecule has 5 rings (SSSR count). The number of furan rings is 1. The number of carboxylic acids is 1. The third-order valence-corrected chi connectivity index (χ3v) is 8.08. The molecule has 2 heterocycles. The summed E-state index contributed by atoms with van der Waals surface area (Å²) in [7, 11) is 0. The third kappa shape index (κ3) is 6.59. The summed E-state index contributed by atoms with van der Waals surface area (Å²) >= 11 is 1.83. The van der Waals surface area contributed by atoms with Crippen LogP contribution in [-0.4, -0.2) is 72.5 Å². The summed E-state index contributed by atoms with van der Waals surface area (Å²) in [6.07, 6.45) is 2.88. The number of carboxylic acid groups (broad SMARTS) is 1. The molecule has 0 radical (unpaired) electrons. The van der Waals surface area contributed by atoms with E-state index in [1.165, 1.54) is 21.4 Å². The lowest BCUT2D eigenvalue weighted by atomic mass is 10.0. The fourth-order valence-electron chi connectivity index (χ4n) is 4.98. The van der Waals surface area contributed by atoms with Gasteiger partial charge in [-0.15, -0.1) is 11.8 Å². The maximum atomic E-state index is 10.7. The summed E-state index contributed by atoms with van der Waals surface area (Å²) in [5, 5.41) is 9.98. The van der Waals surface area contributed by atoms with Crippen LogP contribution < -0.4 is 4.74 Å². The van der Waals surface area contributed by atoms with Crippen molar-refractivity contribution >= 4 is 28.7 Å². The van der Waals surface area contributed by atoms with Crippen LogP contribution in [0.3, 0.4) is 0 Å².